The largest absolute Gasteiger partial charge is 0.346 e. The van der Waals surface area contributed by atoms with Gasteiger partial charge in [0.05, 0.1) is 13.2 Å². The van der Waals surface area contributed by atoms with E-state index in [2.05, 4.69) is 4.98 Å². The fourth-order valence-electron chi connectivity index (χ4n) is 1.26. The molecule has 3 nitrogen and oxygen atoms in total. The van der Waals surface area contributed by atoms with Gasteiger partial charge in [-0.25, -0.2) is 0 Å². The lowest BCUT2D eigenvalue weighted by Crippen LogP contribution is -2.07. The second-order valence-corrected chi connectivity index (χ2v) is 2.87. The quantitative estimate of drug-likeness (QED) is 0.517. The van der Waals surface area contributed by atoms with E-state index in [1.807, 2.05) is 20.1 Å². The molecule has 2 heterocycles. The van der Waals surface area contributed by atoms with E-state index in [1.54, 1.807) is 6.20 Å². The Morgan fingerprint density at radius 1 is 1.33 bits per heavy atom. The summed E-state index contributed by atoms with van der Waals surface area (Å²) in [6.45, 7) is 1.36. The van der Waals surface area contributed by atoms with Crippen LogP contribution in [0.15, 0.2) is 18.5 Å². The average Bonchev–Trinajstić information content (AvgIpc) is 2.56. The normalized spacial score (nSPS) is 18.3. The minimum atomic E-state index is -0.197. The zero-order valence-corrected chi connectivity index (χ0v) is 6.99. The summed E-state index contributed by atoms with van der Waals surface area (Å²) in [4.78, 5) is 4.07. The van der Waals surface area contributed by atoms with Gasteiger partial charge in [0.1, 0.15) is 7.85 Å². The third-order valence-corrected chi connectivity index (χ3v) is 1.79. The van der Waals surface area contributed by atoms with Crippen LogP contribution in [0.25, 0.3) is 0 Å². The maximum absolute atomic E-state index is 5.33. The van der Waals surface area contributed by atoms with E-state index in [0.717, 1.165) is 11.0 Å². The zero-order valence-electron chi connectivity index (χ0n) is 6.99. The minimum Gasteiger partial charge on any atom is -0.346 e. The molecule has 0 aliphatic carbocycles. The highest BCUT2D eigenvalue weighted by molar-refractivity contribution is 6.32. The van der Waals surface area contributed by atoms with E-state index in [-0.39, 0.29) is 6.29 Å². The molecular formula is C8H10BNO2. The Labute approximate surface area is 72.1 Å². The molecule has 0 spiro atoms. The van der Waals surface area contributed by atoms with E-state index in [0.29, 0.717) is 13.2 Å². The smallest absolute Gasteiger partial charge is 0.185 e. The van der Waals surface area contributed by atoms with Crippen molar-refractivity contribution < 1.29 is 9.47 Å². The lowest BCUT2D eigenvalue weighted by Gasteiger charge is -2.08. The maximum Gasteiger partial charge on any atom is 0.185 e. The molecule has 1 saturated heterocycles. The molecule has 0 aromatic carbocycles. The van der Waals surface area contributed by atoms with Crippen molar-refractivity contribution in [2.75, 3.05) is 13.2 Å². The first kappa shape index (κ1) is 7.77. The first-order chi connectivity index (χ1) is 5.86. The summed E-state index contributed by atoms with van der Waals surface area (Å²) in [5.74, 6) is 0. The molecule has 0 N–H and O–H groups in total. The Balaban J connectivity index is 2.21. The molecule has 2 rings (SSSR count). The van der Waals surface area contributed by atoms with Crippen molar-refractivity contribution in [3.63, 3.8) is 0 Å². The van der Waals surface area contributed by atoms with Crippen LogP contribution in [0.2, 0.25) is 0 Å². The van der Waals surface area contributed by atoms with Crippen molar-refractivity contribution >= 4 is 13.3 Å². The van der Waals surface area contributed by atoms with Crippen LogP contribution in [0.4, 0.5) is 0 Å². The highest BCUT2D eigenvalue weighted by atomic mass is 16.7. The van der Waals surface area contributed by atoms with Crippen molar-refractivity contribution in [3.8, 4) is 0 Å². The molecule has 1 fully saturated rings. The van der Waals surface area contributed by atoms with Gasteiger partial charge in [-0.15, -0.1) is 0 Å². The van der Waals surface area contributed by atoms with Crippen LogP contribution in [-0.4, -0.2) is 26.0 Å². The number of hydrogen-bond donors (Lipinski definition) is 0. The van der Waals surface area contributed by atoms with E-state index < -0.39 is 0 Å². The number of aromatic nitrogens is 1. The number of rotatable bonds is 1. The fraction of sp³-hybridized carbons (Fsp3) is 0.375. The molecule has 1 aromatic heterocycles. The maximum atomic E-state index is 5.33. The molecule has 0 saturated carbocycles. The molecule has 0 atom stereocenters. The summed E-state index contributed by atoms with van der Waals surface area (Å²) in [6, 6.07) is 2.03. The molecule has 0 unspecified atom stereocenters. The molecule has 1 aliphatic heterocycles. The van der Waals surface area contributed by atoms with Crippen LogP contribution < -0.4 is 5.46 Å². The topological polar surface area (TPSA) is 31.4 Å². The number of ether oxygens (including phenoxy) is 2. The van der Waals surface area contributed by atoms with Crippen LogP contribution in [0.1, 0.15) is 11.9 Å². The third-order valence-electron chi connectivity index (χ3n) is 1.79. The van der Waals surface area contributed by atoms with Gasteiger partial charge in [-0.2, -0.15) is 0 Å². The van der Waals surface area contributed by atoms with Gasteiger partial charge in [0.2, 0.25) is 0 Å². The lowest BCUT2D eigenvalue weighted by atomic mass is 9.97. The number of nitrogens with zero attached hydrogens (tertiary/aromatic N) is 1. The van der Waals surface area contributed by atoms with Gasteiger partial charge in [-0.3, -0.25) is 4.98 Å². The summed E-state index contributed by atoms with van der Waals surface area (Å²) in [5.41, 5.74) is 2.14. The first-order valence-corrected chi connectivity index (χ1v) is 4.01. The van der Waals surface area contributed by atoms with Gasteiger partial charge < -0.3 is 9.47 Å². The Kier molecular flexibility index (Phi) is 2.10. The summed E-state index contributed by atoms with van der Waals surface area (Å²) < 4.78 is 10.7. The summed E-state index contributed by atoms with van der Waals surface area (Å²) in [6.07, 6.45) is 3.40. The molecule has 12 heavy (non-hydrogen) atoms. The van der Waals surface area contributed by atoms with Crippen LogP contribution in [0.5, 0.6) is 0 Å². The molecule has 0 amide bonds. The fourth-order valence-corrected chi connectivity index (χ4v) is 1.26. The van der Waals surface area contributed by atoms with E-state index >= 15 is 0 Å². The van der Waals surface area contributed by atoms with Gasteiger partial charge >= 0.3 is 0 Å². The van der Waals surface area contributed by atoms with Crippen molar-refractivity contribution in [2.45, 2.75) is 6.29 Å². The Bertz CT molecular complexity index is 274. The predicted molar refractivity (Wildman–Crippen MR) is 47.1 cm³/mol. The van der Waals surface area contributed by atoms with Crippen LogP contribution in [-0.2, 0) is 9.47 Å². The van der Waals surface area contributed by atoms with Gasteiger partial charge in [0.15, 0.2) is 6.29 Å². The van der Waals surface area contributed by atoms with Crippen LogP contribution in [0, 0.1) is 0 Å². The number of hydrogen-bond acceptors (Lipinski definition) is 3. The third kappa shape index (κ3) is 1.49. The zero-order chi connectivity index (χ0) is 8.39. The predicted octanol–water partition coefficient (Wildman–Crippen LogP) is -0.615. The average molecular weight is 163 g/mol. The molecule has 4 heteroatoms. The van der Waals surface area contributed by atoms with Crippen molar-refractivity contribution in [2.24, 2.45) is 0 Å². The molecule has 0 bridgehead atoms. The summed E-state index contributed by atoms with van der Waals surface area (Å²) in [5, 5.41) is 0. The lowest BCUT2D eigenvalue weighted by molar-refractivity contribution is -0.0442. The first-order valence-electron chi connectivity index (χ1n) is 4.01. The molecular weight excluding hydrogens is 153 g/mol. The van der Waals surface area contributed by atoms with E-state index in [9.17, 15) is 0 Å². The van der Waals surface area contributed by atoms with Gasteiger partial charge in [-0.1, -0.05) is 11.5 Å². The van der Waals surface area contributed by atoms with Gasteiger partial charge in [-0.05, 0) is 0 Å². The van der Waals surface area contributed by atoms with E-state index in [4.69, 9.17) is 9.47 Å². The Morgan fingerprint density at radius 2 is 2.08 bits per heavy atom. The van der Waals surface area contributed by atoms with Crippen molar-refractivity contribution in [3.05, 3.63) is 24.0 Å². The van der Waals surface area contributed by atoms with Crippen molar-refractivity contribution in [1.29, 1.82) is 0 Å². The van der Waals surface area contributed by atoms with Crippen LogP contribution >= 0.6 is 0 Å². The molecule has 1 aromatic rings. The second kappa shape index (κ2) is 3.25. The molecule has 1 aliphatic rings. The Hall–Kier alpha value is -0.865. The Morgan fingerprint density at radius 3 is 2.75 bits per heavy atom. The summed E-state index contributed by atoms with van der Waals surface area (Å²) >= 11 is 0. The highest BCUT2D eigenvalue weighted by Gasteiger charge is 2.17. The highest BCUT2D eigenvalue weighted by Crippen LogP contribution is 2.20. The van der Waals surface area contributed by atoms with Crippen molar-refractivity contribution in [1.82, 2.24) is 4.98 Å². The number of pyridine rings is 1. The minimum absolute atomic E-state index is 0.197. The van der Waals surface area contributed by atoms with Gasteiger partial charge in [0.25, 0.3) is 0 Å². The van der Waals surface area contributed by atoms with Crippen LogP contribution in [0.3, 0.4) is 0 Å². The molecule has 62 valence electrons. The molecule has 0 radical (unpaired) electrons. The standard InChI is InChI=1S/C8H10BNO2/c9-7-3-6(4-10-5-7)8-11-1-2-12-8/h3-5,8H,1-2,9H2. The second-order valence-electron chi connectivity index (χ2n) is 2.87. The van der Waals surface area contributed by atoms with Gasteiger partial charge in [0, 0.05) is 18.0 Å². The SMILES string of the molecule is Bc1cncc(C2OCCO2)c1. The summed E-state index contributed by atoms with van der Waals surface area (Å²) in [7, 11) is 2.01. The van der Waals surface area contributed by atoms with E-state index in [1.165, 1.54) is 0 Å². The monoisotopic (exact) mass is 163 g/mol.